The number of benzene rings is 2. The first-order valence-corrected chi connectivity index (χ1v) is 11.3. The summed E-state index contributed by atoms with van der Waals surface area (Å²) in [6.45, 7) is 1.18. The van der Waals surface area contributed by atoms with Crippen molar-refractivity contribution in [2.24, 2.45) is 0 Å². The first-order chi connectivity index (χ1) is 14.6. The van der Waals surface area contributed by atoms with Gasteiger partial charge in [-0.15, -0.1) is 11.3 Å². The highest BCUT2D eigenvalue weighted by Crippen LogP contribution is 2.35. The number of hydrogen-bond acceptors (Lipinski definition) is 4. The fourth-order valence-corrected chi connectivity index (χ4v) is 5.86. The van der Waals surface area contributed by atoms with E-state index in [0.717, 1.165) is 20.8 Å². The monoisotopic (exact) mass is 439 g/mol. The fourth-order valence-electron chi connectivity index (χ4n) is 4.41. The molecule has 0 saturated carbocycles. The Balaban J connectivity index is 1.25. The molecule has 1 aromatic heterocycles. The standard InChI is InChI=1S/C23H22ClN3O2S/c24-21-16-8-4-5-9-19(16)30-20(21)12-25-15-11-18-22(28)26-17(23(29)27(18)13-15)10-14-6-2-1-3-7-14/h1-9,15,17-18,25H,10-13H2,(H,26,28)/t15-,17+,18-/m0/s1. The zero-order valence-electron chi connectivity index (χ0n) is 16.3. The molecule has 0 radical (unpaired) electrons. The minimum atomic E-state index is -0.494. The third kappa shape index (κ3) is 3.60. The second-order valence-electron chi connectivity index (χ2n) is 7.91. The molecule has 0 spiro atoms. The Morgan fingerprint density at radius 1 is 1.10 bits per heavy atom. The molecule has 3 aromatic rings. The van der Waals surface area contributed by atoms with E-state index in [4.69, 9.17) is 11.6 Å². The van der Waals surface area contributed by atoms with Gasteiger partial charge in [0.05, 0.1) is 5.02 Å². The maximum Gasteiger partial charge on any atom is 0.246 e. The maximum absolute atomic E-state index is 13.0. The van der Waals surface area contributed by atoms with E-state index in [2.05, 4.69) is 16.7 Å². The molecular weight excluding hydrogens is 418 g/mol. The van der Waals surface area contributed by atoms with E-state index in [0.29, 0.717) is 25.9 Å². The largest absolute Gasteiger partial charge is 0.342 e. The second-order valence-corrected chi connectivity index (χ2v) is 9.42. The first-order valence-electron chi connectivity index (χ1n) is 10.1. The summed E-state index contributed by atoms with van der Waals surface area (Å²) in [5, 5.41) is 8.30. The summed E-state index contributed by atoms with van der Waals surface area (Å²) in [6, 6.07) is 17.1. The number of piperazine rings is 1. The number of halogens is 1. The van der Waals surface area contributed by atoms with Gasteiger partial charge in [0, 0.05) is 40.5 Å². The van der Waals surface area contributed by atoms with Crippen LogP contribution in [0.3, 0.4) is 0 Å². The van der Waals surface area contributed by atoms with Gasteiger partial charge < -0.3 is 15.5 Å². The van der Waals surface area contributed by atoms with Gasteiger partial charge in [-0.05, 0) is 18.1 Å². The normalized spacial score (nSPS) is 23.6. The van der Waals surface area contributed by atoms with Gasteiger partial charge in [-0.1, -0.05) is 60.1 Å². The highest BCUT2D eigenvalue weighted by atomic mass is 35.5. The number of carbonyl (C=O) groups excluding carboxylic acids is 2. The summed E-state index contributed by atoms with van der Waals surface area (Å²) in [5.41, 5.74) is 1.04. The molecule has 2 N–H and O–H groups in total. The average molecular weight is 440 g/mol. The summed E-state index contributed by atoms with van der Waals surface area (Å²) in [5.74, 6) is -0.0487. The van der Waals surface area contributed by atoms with Crippen molar-refractivity contribution in [3.05, 3.63) is 70.1 Å². The number of fused-ring (bicyclic) bond motifs is 2. The van der Waals surface area contributed by atoms with E-state index in [9.17, 15) is 9.59 Å². The molecule has 3 heterocycles. The Morgan fingerprint density at radius 3 is 2.67 bits per heavy atom. The molecule has 3 atom stereocenters. The van der Waals surface area contributed by atoms with Gasteiger partial charge in [-0.3, -0.25) is 9.59 Å². The Labute approximate surface area is 184 Å². The lowest BCUT2D eigenvalue weighted by atomic mass is 10.0. The Kier molecular flexibility index (Phi) is 5.23. The van der Waals surface area contributed by atoms with Crippen molar-refractivity contribution in [1.82, 2.24) is 15.5 Å². The number of rotatable bonds is 5. The van der Waals surface area contributed by atoms with Gasteiger partial charge in [-0.2, -0.15) is 0 Å². The molecule has 5 nitrogen and oxygen atoms in total. The lowest BCUT2D eigenvalue weighted by Gasteiger charge is -2.34. The van der Waals surface area contributed by atoms with Crippen molar-refractivity contribution >= 4 is 44.8 Å². The van der Waals surface area contributed by atoms with Crippen molar-refractivity contribution in [1.29, 1.82) is 0 Å². The van der Waals surface area contributed by atoms with Crippen LogP contribution in [0.15, 0.2) is 54.6 Å². The number of nitrogens with one attached hydrogen (secondary N) is 2. The van der Waals surface area contributed by atoms with Crippen molar-refractivity contribution in [3.63, 3.8) is 0 Å². The number of thiophene rings is 1. The van der Waals surface area contributed by atoms with Crippen LogP contribution in [0.5, 0.6) is 0 Å². The Hall–Kier alpha value is -2.41. The van der Waals surface area contributed by atoms with E-state index in [1.54, 1.807) is 16.2 Å². The van der Waals surface area contributed by atoms with Gasteiger partial charge in [0.25, 0.3) is 0 Å². The SMILES string of the molecule is O=C1N[C@H](Cc2ccccc2)C(=O)N2C[C@@H](NCc3sc4ccccc4c3Cl)C[C@@H]12. The smallest absolute Gasteiger partial charge is 0.246 e. The topological polar surface area (TPSA) is 61.4 Å². The van der Waals surface area contributed by atoms with Crippen molar-refractivity contribution in [2.75, 3.05) is 6.54 Å². The minimum Gasteiger partial charge on any atom is -0.342 e. The van der Waals surface area contributed by atoms with Crippen LogP contribution in [0.2, 0.25) is 5.02 Å². The van der Waals surface area contributed by atoms with Gasteiger partial charge in [0.1, 0.15) is 12.1 Å². The molecule has 2 fully saturated rings. The summed E-state index contributed by atoms with van der Waals surface area (Å²) >= 11 is 8.23. The summed E-state index contributed by atoms with van der Waals surface area (Å²) in [4.78, 5) is 28.5. The zero-order chi connectivity index (χ0) is 20.7. The van der Waals surface area contributed by atoms with E-state index >= 15 is 0 Å². The van der Waals surface area contributed by atoms with Crippen LogP contribution in [-0.4, -0.2) is 41.4 Å². The number of amides is 2. The Morgan fingerprint density at radius 2 is 1.87 bits per heavy atom. The molecule has 154 valence electrons. The highest BCUT2D eigenvalue weighted by Gasteiger charge is 2.46. The molecule has 5 rings (SSSR count). The van der Waals surface area contributed by atoms with Gasteiger partial charge in [0.15, 0.2) is 0 Å². The molecule has 0 bridgehead atoms. The molecular formula is C23H22ClN3O2S. The van der Waals surface area contributed by atoms with E-state index in [-0.39, 0.29) is 23.9 Å². The van der Waals surface area contributed by atoms with Gasteiger partial charge >= 0.3 is 0 Å². The summed E-state index contributed by atoms with van der Waals surface area (Å²) in [7, 11) is 0. The van der Waals surface area contributed by atoms with Crippen LogP contribution in [0.1, 0.15) is 16.9 Å². The molecule has 0 unspecified atom stereocenters. The second kappa shape index (κ2) is 8.02. The minimum absolute atomic E-state index is 0.00708. The van der Waals surface area contributed by atoms with E-state index in [1.807, 2.05) is 48.5 Å². The van der Waals surface area contributed by atoms with Crippen LogP contribution in [0.4, 0.5) is 0 Å². The van der Waals surface area contributed by atoms with Crippen LogP contribution in [0, 0.1) is 0 Å². The van der Waals surface area contributed by atoms with E-state index < -0.39 is 6.04 Å². The number of carbonyl (C=O) groups is 2. The molecule has 30 heavy (non-hydrogen) atoms. The molecule has 2 saturated heterocycles. The summed E-state index contributed by atoms with van der Waals surface area (Å²) in [6.07, 6.45) is 1.14. The van der Waals surface area contributed by atoms with Crippen LogP contribution in [0.25, 0.3) is 10.1 Å². The van der Waals surface area contributed by atoms with Crippen LogP contribution >= 0.6 is 22.9 Å². The average Bonchev–Trinajstić information content (AvgIpc) is 3.33. The van der Waals surface area contributed by atoms with Crippen molar-refractivity contribution < 1.29 is 9.59 Å². The molecule has 0 aliphatic carbocycles. The van der Waals surface area contributed by atoms with Crippen molar-refractivity contribution in [2.45, 2.75) is 37.5 Å². The lowest BCUT2D eigenvalue weighted by Crippen LogP contribution is -2.61. The quantitative estimate of drug-likeness (QED) is 0.640. The van der Waals surface area contributed by atoms with Gasteiger partial charge in [0.2, 0.25) is 11.8 Å². The third-order valence-electron chi connectivity index (χ3n) is 5.94. The fraction of sp³-hybridized carbons (Fsp3) is 0.304. The van der Waals surface area contributed by atoms with Crippen molar-refractivity contribution in [3.8, 4) is 0 Å². The lowest BCUT2D eigenvalue weighted by molar-refractivity contribution is -0.147. The van der Waals surface area contributed by atoms with Gasteiger partial charge in [-0.25, -0.2) is 0 Å². The van der Waals surface area contributed by atoms with Crippen LogP contribution in [-0.2, 0) is 22.6 Å². The third-order valence-corrected chi connectivity index (χ3v) is 7.65. The molecule has 7 heteroatoms. The first kappa shape index (κ1) is 19.5. The Bertz CT molecular complexity index is 1100. The predicted molar refractivity (Wildman–Crippen MR) is 120 cm³/mol. The molecule has 2 aliphatic rings. The zero-order valence-corrected chi connectivity index (χ0v) is 17.9. The predicted octanol–water partition coefficient (Wildman–Crippen LogP) is 3.35. The number of hydrogen-bond donors (Lipinski definition) is 2. The molecule has 2 amide bonds. The molecule has 2 aliphatic heterocycles. The molecule has 2 aromatic carbocycles. The highest BCUT2D eigenvalue weighted by molar-refractivity contribution is 7.19. The number of nitrogens with zero attached hydrogens (tertiary/aromatic N) is 1. The van der Waals surface area contributed by atoms with Crippen LogP contribution < -0.4 is 10.6 Å². The van der Waals surface area contributed by atoms with E-state index in [1.165, 1.54) is 4.70 Å². The summed E-state index contributed by atoms with van der Waals surface area (Å²) < 4.78 is 1.17. The maximum atomic E-state index is 13.0.